The van der Waals surface area contributed by atoms with Gasteiger partial charge in [0.25, 0.3) is 5.91 Å². The zero-order valence-corrected chi connectivity index (χ0v) is 13.4. The minimum atomic E-state index is -0.308. The van der Waals surface area contributed by atoms with Crippen molar-refractivity contribution in [1.82, 2.24) is 4.98 Å². The van der Waals surface area contributed by atoms with E-state index >= 15 is 0 Å². The van der Waals surface area contributed by atoms with Gasteiger partial charge in [-0.25, -0.2) is 4.98 Å². The number of aromatic nitrogens is 1. The largest absolute Gasteiger partial charge is 0.370 e. The summed E-state index contributed by atoms with van der Waals surface area (Å²) in [5.74, 6) is -0.308. The highest BCUT2D eigenvalue weighted by atomic mass is 35.5. The Bertz CT molecular complexity index is 682. The minimum absolute atomic E-state index is 0.308. The number of pyridine rings is 1. The van der Waals surface area contributed by atoms with Gasteiger partial charge in [0.2, 0.25) is 0 Å². The number of hydrogen-bond donors (Lipinski definition) is 1. The molecule has 2 heterocycles. The number of carbonyl (C=O) groups excluding carboxylic acids is 1. The van der Waals surface area contributed by atoms with Gasteiger partial charge in [-0.05, 0) is 37.1 Å². The molecular formula is C16H15Cl2N3O. The SMILES string of the molecule is O=C(Nc1cccc(Cl)c1Cl)c1ccc(N2CCCC2)cn1. The van der Waals surface area contributed by atoms with Gasteiger partial charge in [-0.15, -0.1) is 0 Å². The van der Waals surface area contributed by atoms with E-state index in [4.69, 9.17) is 23.2 Å². The van der Waals surface area contributed by atoms with Gasteiger partial charge in [0.1, 0.15) is 5.69 Å². The maximum absolute atomic E-state index is 12.2. The second-order valence-corrected chi connectivity index (χ2v) is 5.94. The molecule has 1 aromatic carbocycles. The van der Waals surface area contributed by atoms with Gasteiger partial charge in [-0.3, -0.25) is 4.79 Å². The van der Waals surface area contributed by atoms with Crippen molar-refractivity contribution in [2.75, 3.05) is 23.3 Å². The van der Waals surface area contributed by atoms with Crippen molar-refractivity contribution in [2.24, 2.45) is 0 Å². The van der Waals surface area contributed by atoms with E-state index in [2.05, 4.69) is 15.2 Å². The summed E-state index contributed by atoms with van der Waals surface area (Å²) in [6, 6.07) is 8.75. The number of halogens is 2. The zero-order valence-electron chi connectivity index (χ0n) is 11.9. The van der Waals surface area contributed by atoms with Crippen molar-refractivity contribution >= 4 is 40.5 Å². The Hall–Kier alpha value is -1.78. The number of anilines is 2. The minimum Gasteiger partial charge on any atom is -0.370 e. The maximum Gasteiger partial charge on any atom is 0.274 e. The second-order valence-electron chi connectivity index (χ2n) is 5.15. The molecule has 0 radical (unpaired) electrons. The van der Waals surface area contributed by atoms with Crippen LogP contribution in [0, 0.1) is 0 Å². The predicted molar refractivity (Wildman–Crippen MR) is 90.1 cm³/mol. The molecule has 0 unspecified atom stereocenters. The van der Waals surface area contributed by atoms with Gasteiger partial charge in [-0.1, -0.05) is 29.3 Å². The van der Waals surface area contributed by atoms with Crippen LogP contribution in [0.3, 0.4) is 0 Å². The molecule has 0 saturated carbocycles. The van der Waals surface area contributed by atoms with Crippen LogP contribution < -0.4 is 10.2 Å². The molecule has 1 aromatic heterocycles. The summed E-state index contributed by atoms with van der Waals surface area (Å²) in [4.78, 5) is 18.7. The zero-order chi connectivity index (χ0) is 15.5. The summed E-state index contributed by atoms with van der Waals surface area (Å²) in [6.45, 7) is 2.09. The lowest BCUT2D eigenvalue weighted by atomic mass is 10.2. The van der Waals surface area contributed by atoms with Crippen molar-refractivity contribution in [3.8, 4) is 0 Å². The number of nitrogens with one attached hydrogen (secondary N) is 1. The molecule has 1 saturated heterocycles. The van der Waals surface area contributed by atoms with Crippen molar-refractivity contribution in [2.45, 2.75) is 12.8 Å². The van der Waals surface area contributed by atoms with Gasteiger partial charge in [0, 0.05) is 13.1 Å². The number of nitrogens with zero attached hydrogens (tertiary/aromatic N) is 2. The Labute approximate surface area is 139 Å². The Kier molecular flexibility index (Phi) is 4.50. The van der Waals surface area contributed by atoms with Crippen molar-refractivity contribution < 1.29 is 4.79 Å². The molecule has 4 nitrogen and oxygen atoms in total. The lowest BCUT2D eigenvalue weighted by Gasteiger charge is -2.17. The van der Waals surface area contributed by atoms with E-state index in [0.29, 0.717) is 21.4 Å². The number of carbonyl (C=O) groups is 1. The lowest BCUT2D eigenvalue weighted by molar-refractivity contribution is 0.102. The third-order valence-corrected chi connectivity index (χ3v) is 4.47. The first-order valence-electron chi connectivity index (χ1n) is 7.11. The van der Waals surface area contributed by atoms with Gasteiger partial charge < -0.3 is 10.2 Å². The molecule has 1 amide bonds. The smallest absolute Gasteiger partial charge is 0.274 e. The fourth-order valence-electron chi connectivity index (χ4n) is 2.47. The molecule has 6 heteroatoms. The molecule has 0 bridgehead atoms. The summed E-state index contributed by atoms with van der Waals surface area (Å²) in [5.41, 5.74) is 1.87. The second kappa shape index (κ2) is 6.55. The standard InChI is InChI=1S/C16H15Cl2N3O/c17-12-4-3-5-13(15(12)18)20-16(22)14-7-6-11(10-19-14)21-8-1-2-9-21/h3-7,10H,1-2,8-9H2,(H,20,22). The first kappa shape index (κ1) is 15.1. The molecule has 1 N–H and O–H groups in total. The van der Waals surface area contributed by atoms with Crippen molar-refractivity contribution in [1.29, 1.82) is 0 Å². The third-order valence-electron chi connectivity index (χ3n) is 3.65. The average molecular weight is 336 g/mol. The molecule has 1 fully saturated rings. The van der Waals surface area contributed by atoms with Crippen LogP contribution in [-0.2, 0) is 0 Å². The summed E-state index contributed by atoms with van der Waals surface area (Å²) in [6.07, 6.45) is 4.14. The van der Waals surface area contributed by atoms with Crippen LogP contribution in [0.2, 0.25) is 10.0 Å². The highest BCUT2D eigenvalue weighted by Gasteiger charge is 2.15. The summed E-state index contributed by atoms with van der Waals surface area (Å²) in [7, 11) is 0. The van der Waals surface area contributed by atoms with Gasteiger partial charge in [0.15, 0.2) is 0 Å². The number of amides is 1. The number of benzene rings is 1. The van der Waals surface area contributed by atoms with Crippen molar-refractivity contribution in [3.63, 3.8) is 0 Å². The molecule has 2 aromatic rings. The fourth-order valence-corrected chi connectivity index (χ4v) is 2.82. The van der Waals surface area contributed by atoms with Crippen LogP contribution in [0.5, 0.6) is 0 Å². The molecular weight excluding hydrogens is 321 g/mol. The fraction of sp³-hybridized carbons (Fsp3) is 0.250. The van der Waals surface area contributed by atoms with Gasteiger partial charge >= 0.3 is 0 Å². The summed E-state index contributed by atoms with van der Waals surface area (Å²) in [5, 5.41) is 3.45. The monoisotopic (exact) mass is 335 g/mol. The van der Waals surface area contributed by atoms with E-state index in [1.165, 1.54) is 12.8 Å². The van der Waals surface area contributed by atoms with Gasteiger partial charge in [0.05, 0.1) is 27.6 Å². The van der Waals surface area contributed by atoms with Crippen LogP contribution >= 0.6 is 23.2 Å². The van der Waals surface area contributed by atoms with Crippen LogP contribution in [0.25, 0.3) is 0 Å². The van der Waals surface area contributed by atoms with E-state index < -0.39 is 0 Å². The first-order chi connectivity index (χ1) is 10.6. The normalized spacial score (nSPS) is 14.2. The number of hydrogen-bond acceptors (Lipinski definition) is 3. The molecule has 1 aliphatic rings. The summed E-state index contributed by atoms with van der Waals surface area (Å²) >= 11 is 12.0. The van der Waals surface area contributed by atoms with E-state index in [0.717, 1.165) is 18.8 Å². The van der Waals surface area contributed by atoms with Crippen molar-refractivity contribution in [3.05, 3.63) is 52.3 Å². The highest BCUT2D eigenvalue weighted by molar-refractivity contribution is 6.44. The molecule has 114 valence electrons. The predicted octanol–water partition coefficient (Wildman–Crippen LogP) is 4.24. The number of rotatable bonds is 3. The lowest BCUT2D eigenvalue weighted by Crippen LogP contribution is -2.19. The van der Waals surface area contributed by atoms with E-state index in [1.54, 1.807) is 30.5 Å². The van der Waals surface area contributed by atoms with Crippen LogP contribution in [0.1, 0.15) is 23.3 Å². The topological polar surface area (TPSA) is 45.2 Å². The van der Waals surface area contributed by atoms with E-state index in [-0.39, 0.29) is 5.91 Å². The van der Waals surface area contributed by atoms with Crippen LogP contribution in [-0.4, -0.2) is 24.0 Å². The van der Waals surface area contributed by atoms with Crippen LogP contribution in [0.15, 0.2) is 36.5 Å². The highest BCUT2D eigenvalue weighted by Crippen LogP contribution is 2.29. The quantitative estimate of drug-likeness (QED) is 0.912. The molecule has 3 rings (SSSR count). The Morgan fingerprint density at radius 2 is 1.91 bits per heavy atom. The molecule has 0 spiro atoms. The van der Waals surface area contributed by atoms with Crippen LogP contribution in [0.4, 0.5) is 11.4 Å². The third kappa shape index (κ3) is 3.18. The molecule has 1 aliphatic heterocycles. The first-order valence-corrected chi connectivity index (χ1v) is 7.87. The molecule has 0 aliphatic carbocycles. The van der Waals surface area contributed by atoms with E-state index in [1.807, 2.05) is 6.07 Å². The summed E-state index contributed by atoms with van der Waals surface area (Å²) < 4.78 is 0. The van der Waals surface area contributed by atoms with E-state index in [9.17, 15) is 4.79 Å². The Balaban J connectivity index is 1.73. The molecule has 0 atom stereocenters. The molecule has 22 heavy (non-hydrogen) atoms. The van der Waals surface area contributed by atoms with Gasteiger partial charge in [-0.2, -0.15) is 0 Å². The Morgan fingerprint density at radius 1 is 1.14 bits per heavy atom. The average Bonchev–Trinajstić information content (AvgIpc) is 3.06. The maximum atomic E-state index is 12.2. The Morgan fingerprint density at radius 3 is 2.59 bits per heavy atom.